The van der Waals surface area contributed by atoms with Crippen LogP contribution in [0.4, 0.5) is 5.69 Å². The average Bonchev–Trinajstić information content (AvgIpc) is 2.71. The number of aliphatic imine (C=N–C) groups is 1. The molecule has 0 aromatic heterocycles. The fraction of sp³-hybridized carbons (Fsp3) is 0.0435. The zero-order valence-corrected chi connectivity index (χ0v) is 17.2. The summed E-state index contributed by atoms with van der Waals surface area (Å²) in [5.74, 6) is -3.19. The van der Waals surface area contributed by atoms with Crippen LogP contribution in [-0.4, -0.2) is 33.6 Å². The quantitative estimate of drug-likeness (QED) is 0.451. The van der Waals surface area contributed by atoms with Gasteiger partial charge in [0.15, 0.2) is 5.78 Å². The fourth-order valence-electron chi connectivity index (χ4n) is 3.41. The maximum atomic E-state index is 13.1. The van der Waals surface area contributed by atoms with E-state index in [-0.39, 0.29) is 16.9 Å². The molecule has 0 heterocycles. The molecule has 0 aliphatic heterocycles. The molecule has 0 saturated carbocycles. The second kappa shape index (κ2) is 7.35. The summed E-state index contributed by atoms with van der Waals surface area (Å²) in [6, 6.07) is 14.9. The van der Waals surface area contributed by atoms with Crippen LogP contribution in [0.15, 0.2) is 64.1 Å². The van der Waals surface area contributed by atoms with Gasteiger partial charge in [-0.3, -0.25) is 4.79 Å². The number of aromatic carboxylic acids is 2. The van der Waals surface area contributed by atoms with Crippen molar-refractivity contribution >= 4 is 45.1 Å². The second-order valence-electron chi connectivity index (χ2n) is 6.87. The maximum Gasteiger partial charge on any atom is 0.336 e. The first-order valence-electron chi connectivity index (χ1n) is 8.91. The van der Waals surface area contributed by atoms with E-state index in [9.17, 15) is 24.6 Å². The van der Waals surface area contributed by atoms with Crippen LogP contribution < -0.4 is 0 Å². The Morgan fingerprint density at radius 2 is 1.37 bits per heavy atom. The number of carboxylic acid groups (broad SMARTS) is 2. The van der Waals surface area contributed by atoms with E-state index in [0.29, 0.717) is 27.0 Å². The van der Waals surface area contributed by atoms with Crippen LogP contribution in [0.3, 0.4) is 0 Å². The lowest BCUT2D eigenvalue weighted by Crippen LogP contribution is -2.24. The molecule has 0 amide bonds. The van der Waals surface area contributed by atoms with Gasteiger partial charge in [-0.15, -0.1) is 0 Å². The number of fused-ring (bicyclic) bond motifs is 2. The van der Waals surface area contributed by atoms with E-state index in [0.717, 1.165) is 11.6 Å². The van der Waals surface area contributed by atoms with Crippen molar-refractivity contribution in [2.75, 3.05) is 0 Å². The van der Waals surface area contributed by atoms with Gasteiger partial charge in [-0.25, -0.2) is 14.6 Å². The highest BCUT2D eigenvalue weighted by Gasteiger charge is 2.32. The predicted octanol–water partition coefficient (Wildman–Crippen LogP) is 4.87. The standard InChI is InChI=1S/C23H14BrNO5/c1-11-2-5-13(6-3-11)25-20-14-7-4-12(24)8-16(14)21(26)17-10-19(23(29)30)18(22(27)28)9-15(17)20/h2-10H,1H3,(H,27,28)(H,29,30). The van der Waals surface area contributed by atoms with Gasteiger partial charge in [-0.2, -0.15) is 0 Å². The first-order valence-corrected chi connectivity index (χ1v) is 9.70. The third-order valence-corrected chi connectivity index (χ3v) is 5.37. The number of halogens is 1. The smallest absolute Gasteiger partial charge is 0.336 e. The Bertz CT molecular complexity index is 1280. The zero-order chi connectivity index (χ0) is 21.6. The third-order valence-electron chi connectivity index (χ3n) is 4.87. The van der Waals surface area contributed by atoms with Crippen molar-refractivity contribution in [3.8, 4) is 0 Å². The Morgan fingerprint density at radius 1 is 0.800 bits per heavy atom. The van der Waals surface area contributed by atoms with Gasteiger partial charge >= 0.3 is 11.9 Å². The number of nitrogens with zero attached hydrogens (tertiary/aromatic N) is 1. The Kier molecular flexibility index (Phi) is 4.83. The Morgan fingerprint density at radius 3 is 1.97 bits per heavy atom. The average molecular weight is 464 g/mol. The molecule has 0 unspecified atom stereocenters. The highest BCUT2D eigenvalue weighted by atomic mass is 79.9. The van der Waals surface area contributed by atoms with E-state index in [1.165, 1.54) is 6.07 Å². The van der Waals surface area contributed by atoms with Crippen LogP contribution in [0.5, 0.6) is 0 Å². The monoisotopic (exact) mass is 463 g/mol. The number of benzene rings is 3. The molecular weight excluding hydrogens is 450 g/mol. The molecular formula is C23H14BrNO5. The van der Waals surface area contributed by atoms with Crippen molar-refractivity contribution in [2.24, 2.45) is 4.99 Å². The molecule has 3 aromatic rings. The third kappa shape index (κ3) is 3.33. The molecule has 0 spiro atoms. The lowest BCUT2D eigenvalue weighted by molar-refractivity contribution is 0.0651. The molecule has 6 nitrogen and oxygen atoms in total. The van der Waals surface area contributed by atoms with Gasteiger partial charge in [0, 0.05) is 26.7 Å². The molecule has 1 aliphatic rings. The van der Waals surface area contributed by atoms with Crippen molar-refractivity contribution < 1.29 is 24.6 Å². The van der Waals surface area contributed by atoms with Gasteiger partial charge in [-0.1, -0.05) is 39.7 Å². The Labute approximate surface area is 179 Å². The molecule has 0 radical (unpaired) electrons. The van der Waals surface area contributed by atoms with Crippen molar-refractivity contribution in [2.45, 2.75) is 6.92 Å². The highest BCUT2D eigenvalue weighted by molar-refractivity contribution is 9.10. The molecule has 30 heavy (non-hydrogen) atoms. The van der Waals surface area contributed by atoms with Gasteiger partial charge in [0.25, 0.3) is 0 Å². The molecule has 7 heteroatoms. The maximum absolute atomic E-state index is 13.1. The van der Waals surface area contributed by atoms with Gasteiger partial charge in [0.1, 0.15) is 0 Å². The number of hydrogen-bond donors (Lipinski definition) is 2. The van der Waals surface area contributed by atoms with Gasteiger partial charge in [-0.05, 0) is 43.3 Å². The number of aryl methyl sites for hydroxylation is 1. The summed E-state index contributed by atoms with van der Waals surface area (Å²) < 4.78 is 0.688. The fourth-order valence-corrected chi connectivity index (χ4v) is 3.77. The van der Waals surface area contributed by atoms with Gasteiger partial charge in [0.05, 0.1) is 22.5 Å². The molecule has 148 valence electrons. The van der Waals surface area contributed by atoms with E-state index >= 15 is 0 Å². The number of carbonyl (C=O) groups is 3. The lowest BCUT2D eigenvalue weighted by Gasteiger charge is -2.22. The minimum atomic E-state index is -1.42. The SMILES string of the molecule is Cc1ccc(N=C2c3ccc(Br)cc3C(=O)c3cc(C(=O)O)c(C(=O)O)cc32)cc1. The number of ketones is 1. The Hall–Kier alpha value is -3.58. The highest BCUT2D eigenvalue weighted by Crippen LogP contribution is 2.33. The minimum Gasteiger partial charge on any atom is -0.478 e. The van der Waals surface area contributed by atoms with E-state index in [1.54, 1.807) is 18.2 Å². The van der Waals surface area contributed by atoms with Gasteiger partial charge < -0.3 is 10.2 Å². The summed E-state index contributed by atoms with van der Waals surface area (Å²) in [7, 11) is 0. The van der Waals surface area contributed by atoms with Crippen LogP contribution in [-0.2, 0) is 0 Å². The normalized spacial score (nSPS) is 13.7. The number of carboxylic acids is 2. The molecule has 0 bridgehead atoms. The number of carbonyl (C=O) groups excluding carboxylic acids is 1. The molecule has 4 rings (SSSR count). The largest absolute Gasteiger partial charge is 0.478 e. The van der Waals surface area contributed by atoms with Crippen LogP contribution in [0.1, 0.15) is 53.3 Å². The zero-order valence-electron chi connectivity index (χ0n) is 15.6. The van der Waals surface area contributed by atoms with Crippen molar-refractivity contribution in [3.63, 3.8) is 0 Å². The van der Waals surface area contributed by atoms with Crippen LogP contribution in [0.2, 0.25) is 0 Å². The summed E-state index contributed by atoms with van der Waals surface area (Å²) in [6.07, 6.45) is 0. The van der Waals surface area contributed by atoms with Crippen LogP contribution in [0.25, 0.3) is 0 Å². The second-order valence-corrected chi connectivity index (χ2v) is 7.78. The topological polar surface area (TPSA) is 104 Å². The molecule has 0 atom stereocenters. The molecule has 0 saturated heterocycles. The molecule has 2 N–H and O–H groups in total. The first-order chi connectivity index (χ1) is 14.3. The summed E-state index contributed by atoms with van der Waals surface area (Å²) in [5.41, 5.74) is 2.57. The van der Waals surface area contributed by atoms with Crippen molar-refractivity contribution in [1.29, 1.82) is 0 Å². The van der Waals surface area contributed by atoms with Crippen molar-refractivity contribution in [1.82, 2.24) is 0 Å². The van der Waals surface area contributed by atoms with E-state index in [2.05, 4.69) is 20.9 Å². The van der Waals surface area contributed by atoms with Crippen LogP contribution in [0, 0.1) is 6.92 Å². The minimum absolute atomic E-state index is 0.105. The first kappa shape index (κ1) is 19.7. The molecule has 0 fully saturated rings. The summed E-state index contributed by atoms with van der Waals surface area (Å²) in [5, 5.41) is 19.0. The summed E-state index contributed by atoms with van der Waals surface area (Å²) in [4.78, 5) is 41.1. The molecule has 1 aliphatic carbocycles. The van der Waals surface area contributed by atoms with E-state index in [4.69, 9.17) is 0 Å². The number of hydrogen-bond acceptors (Lipinski definition) is 4. The van der Waals surface area contributed by atoms with E-state index < -0.39 is 23.1 Å². The predicted molar refractivity (Wildman–Crippen MR) is 114 cm³/mol. The lowest BCUT2D eigenvalue weighted by atomic mass is 9.81. The van der Waals surface area contributed by atoms with Gasteiger partial charge in [0.2, 0.25) is 0 Å². The van der Waals surface area contributed by atoms with E-state index in [1.807, 2.05) is 31.2 Å². The molecule has 3 aromatic carbocycles. The van der Waals surface area contributed by atoms with Crippen molar-refractivity contribution in [3.05, 3.63) is 98.0 Å². The number of rotatable bonds is 3. The van der Waals surface area contributed by atoms with Crippen LogP contribution >= 0.6 is 15.9 Å². The summed E-state index contributed by atoms with van der Waals surface area (Å²) in [6.45, 7) is 1.95. The summed E-state index contributed by atoms with van der Waals surface area (Å²) >= 11 is 3.36. The Balaban J connectivity index is 2.06.